The Labute approximate surface area is 117 Å². The van der Waals surface area contributed by atoms with Gasteiger partial charge in [0.1, 0.15) is 5.78 Å². The average molecular weight is 268 g/mol. The molecule has 0 aromatic heterocycles. The Hall–Kier alpha value is -0.860. The maximum Gasteiger partial charge on any atom is 0.311 e. The number of esters is 1. The van der Waals surface area contributed by atoms with Gasteiger partial charge < -0.3 is 4.74 Å². The van der Waals surface area contributed by atoms with Crippen LogP contribution in [0.5, 0.6) is 0 Å². The molecule has 1 aliphatic rings. The van der Waals surface area contributed by atoms with E-state index in [9.17, 15) is 9.59 Å². The van der Waals surface area contributed by atoms with Crippen molar-refractivity contribution in [2.75, 3.05) is 6.61 Å². The summed E-state index contributed by atoms with van der Waals surface area (Å²) < 4.78 is 5.24. The number of Topliss-reactive ketones (excluding diaryl/α,β-unsaturated/α-hetero) is 1. The van der Waals surface area contributed by atoms with E-state index in [4.69, 9.17) is 4.74 Å². The van der Waals surface area contributed by atoms with Crippen molar-refractivity contribution in [2.24, 2.45) is 11.3 Å². The molecule has 1 rings (SSSR count). The number of carbonyl (C=O) groups excluding carboxylic acids is 2. The minimum Gasteiger partial charge on any atom is -0.465 e. The summed E-state index contributed by atoms with van der Waals surface area (Å²) >= 11 is 0. The van der Waals surface area contributed by atoms with Crippen LogP contribution in [0.2, 0.25) is 0 Å². The molecule has 1 saturated carbocycles. The predicted octanol–water partition coefficient (Wildman–Crippen LogP) is 3.90. The SMILES string of the molecule is CCC(C)(C)C(=O)OCCCC(=O)C1CCCCC1. The molecule has 0 amide bonds. The standard InChI is InChI=1S/C16H28O3/c1-4-16(2,3)15(18)19-12-8-11-14(17)13-9-6-5-7-10-13/h13H,4-12H2,1-3H3. The van der Waals surface area contributed by atoms with Gasteiger partial charge in [0.15, 0.2) is 0 Å². The molecule has 1 aliphatic carbocycles. The van der Waals surface area contributed by atoms with Crippen LogP contribution in [0.1, 0.15) is 72.1 Å². The average Bonchev–Trinajstić information content (AvgIpc) is 2.43. The predicted molar refractivity (Wildman–Crippen MR) is 75.8 cm³/mol. The summed E-state index contributed by atoms with van der Waals surface area (Å²) in [6.07, 6.45) is 7.76. The molecule has 0 unspecified atom stereocenters. The summed E-state index contributed by atoms with van der Waals surface area (Å²) in [5, 5.41) is 0. The van der Waals surface area contributed by atoms with Gasteiger partial charge in [0.05, 0.1) is 12.0 Å². The molecule has 0 N–H and O–H groups in total. The maximum atomic E-state index is 12.0. The summed E-state index contributed by atoms with van der Waals surface area (Å²) in [6, 6.07) is 0. The van der Waals surface area contributed by atoms with Gasteiger partial charge >= 0.3 is 5.97 Å². The quantitative estimate of drug-likeness (QED) is 0.519. The Morgan fingerprint density at radius 2 is 1.79 bits per heavy atom. The molecule has 0 spiro atoms. The van der Waals surface area contributed by atoms with E-state index in [0.29, 0.717) is 25.2 Å². The number of rotatable bonds is 7. The Morgan fingerprint density at radius 3 is 2.37 bits per heavy atom. The molecule has 0 atom stereocenters. The van der Waals surface area contributed by atoms with Gasteiger partial charge in [-0.2, -0.15) is 0 Å². The van der Waals surface area contributed by atoms with Crippen LogP contribution in [0.3, 0.4) is 0 Å². The molecule has 3 heteroatoms. The Morgan fingerprint density at radius 1 is 1.16 bits per heavy atom. The van der Waals surface area contributed by atoms with Gasteiger partial charge in [-0.05, 0) is 39.5 Å². The second-order valence-electron chi connectivity index (χ2n) is 6.28. The fourth-order valence-electron chi connectivity index (χ4n) is 2.38. The third-order valence-corrected chi connectivity index (χ3v) is 4.30. The minimum atomic E-state index is -0.409. The van der Waals surface area contributed by atoms with E-state index in [0.717, 1.165) is 19.3 Å². The van der Waals surface area contributed by atoms with Crippen LogP contribution in [0, 0.1) is 11.3 Å². The number of hydrogen-bond donors (Lipinski definition) is 0. The Kier molecular flexibility index (Phi) is 6.53. The number of hydrogen-bond acceptors (Lipinski definition) is 3. The molecule has 0 aromatic carbocycles. The fraction of sp³-hybridized carbons (Fsp3) is 0.875. The van der Waals surface area contributed by atoms with Gasteiger partial charge in [0, 0.05) is 12.3 Å². The monoisotopic (exact) mass is 268 g/mol. The van der Waals surface area contributed by atoms with Gasteiger partial charge in [0.2, 0.25) is 0 Å². The minimum absolute atomic E-state index is 0.153. The molecule has 110 valence electrons. The van der Waals surface area contributed by atoms with E-state index < -0.39 is 5.41 Å². The smallest absolute Gasteiger partial charge is 0.311 e. The lowest BCUT2D eigenvalue weighted by atomic mass is 9.85. The molecule has 0 aliphatic heterocycles. The van der Waals surface area contributed by atoms with Crippen molar-refractivity contribution in [3.8, 4) is 0 Å². The van der Waals surface area contributed by atoms with Crippen molar-refractivity contribution in [1.29, 1.82) is 0 Å². The van der Waals surface area contributed by atoms with Crippen LogP contribution in [0.15, 0.2) is 0 Å². The second-order valence-corrected chi connectivity index (χ2v) is 6.28. The first-order valence-corrected chi connectivity index (χ1v) is 7.67. The van der Waals surface area contributed by atoms with Crippen molar-refractivity contribution < 1.29 is 14.3 Å². The van der Waals surface area contributed by atoms with E-state index in [-0.39, 0.29) is 11.9 Å². The Bertz CT molecular complexity index is 301. The van der Waals surface area contributed by atoms with Crippen molar-refractivity contribution in [3.63, 3.8) is 0 Å². The van der Waals surface area contributed by atoms with Crippen molar-refractivity contribution in [1.82, 2.24) is 0 Å². The Balaban J connectivity index is 2.16. The molecule has 3 nitrogen and oxygen atoms in total. The molecule has 0 saturated heterocycles. The second kappa shape index (κ2) is 7.66. The van der Waals surface area contributed by atoms with E-state index in [1.807, 2.05) is 20.8 Å². The van der Waals surface area contributed by atoms with Crippen LogP contribution in [-0.2, 0) is 14.3 Å². The summed E-state index contributed by atoms with van der Waals surface area (Å²) in [5.74, 6) is 0.488. The lowest BCUT2D eigenvalue weighted by molar-refractivity contribution is -0.154. The van der Waals surface area contributed by atoms with Crippen molar-refractivity contribution >= 4 is 11.8 Å². The summed E-state index contributed by atoms with van der Waals surface area (Å²) in [5.41, 5.74) is -0.409. The summed E-state index contributed by atoms with van der Waals surface area (Å²) in [7, 11) is 0. The van der Waals surface area contributed by atoms with Gasteiger partial charge in [-0.25, -0.2) is 0 Å². The topological polar surface area (TPSA) is 43.4 Å². The van der Waals surface area contributed by atoms with Crippen LogP contribution in [-0.4, -0.2) is 18.4 Å². The van der Waals surface area contributed by atoms with E-state index in [1.54, 1.807) is 0 Å². The summed E-state index contributed by atoms with van der Waals surface area (Å²) in [6.45, 7) is 6.14. The highest BCUT2D eigenvalue weighted by molar-refractivity contribution is 5.81. The normalized spacial score (nSPS) is 17.2. The highest BCUT2D eigenvalue weighted by Crippen LogP contribution is 2.26. The first kappa shape index (κ1) is 16.2. The lowest BCUT2D eigenvalue weighted by Crippen LogP contribution is -2.26. The lowest BCUT2D eigenvalue weighted by Gasteiger charge is -2.21. The molecular formula is C16H28O3. The molecule has 0 heterocycles. The van der Waals surface area contributed by atoms with E-state index >= 15 is 0 Å². The molecule has 19 heavy (non-hydrogen) atoms. The first-order chi connectivity index (χ1) is 8.97. The first-order valence-electron chi connectivity index (χ1n) is 7.67. The van der Waals surface area contributed by atoms with Gasteiger partial charge in [-0.15, -0.1) is 0 Å². The van der Waals surface area contributed by atoms with Crippen LogP contribution >= 0.6 is 0 Å². The molecule has 0 aromatic rings. The third kappa shape index (κ3) is 5.33. The number of carbonyl (C=O) groups is 2. The number of ketones is 1. The zero-order valence-electron chi connectivity index (χ0n) is 12.7. The van der Waals surface area contributed by atoms with Crippen LogP contribution < -0.4 is 0 Å². The summed E-state index contributed by atoms with van der Waals surface area (Å²) in [4.78, 5) is 23.7. The van der Waals surface area contributed by atoms with Crippen molar-refractivity contribution in [3.05, 3.63) is 0 Å². The zero-order chi connectivity index (χ0) is 14.3. The highest BCUT2D eigenvalue weighted by Gasteiger charge is 2.27. The maximum absolute atomic E-state index is 12.0. The van der Waals surface area contributed by atoms with Gasteiger partial charge in [-0.1, -0.05) is 26.2 Å². The molecule has 0 bridgehead atoms. The third-order valence-electron chi connectivity index (χ3n) is 4.30. The van der Waals surface area contributed by atoms with Gasteiger partial charge in [0.25, 0.3) is 0 Å². The van der Waals surface area contributed by atoms with Crippen LogP contribution in [0.25, 0.3) is 0 Å². The highest BCUT2D eigenvalue weighted by atomic mass is 16.5. The van der Waals surface area contributed by atoms with Crippen molar-refractivity contribution in [2.45, 2.75) is 72.1 Å². The van der Waals surface area contributed by atoms with E-state index in [2.05, 4.69) is 0 Å². The van der Waals surface area contributed by atoms with Crippen LogP contribution in [0.4, 0.5) is 0 Å². The molecule has 0 radical (unpaired) electrons. The molecular weight excluding hydrogens is 240 g/mol. The van der Waals surface area contributed by atoms with Gasteiger partial charge in [-0.3, -0.25) is 9.59 Å². The number of ether oxygens (including phenoxy) is 1. The van der Waals surface area contributed by atoms with E-state index in [1.165, 1.54) is 19.3 Å². The fourth-order valence-corrected chi connectivity index (χ4v) is 2.38. The molecule has 1 fully saturated rings. The zero-order valence-corrected chi connectivity index (χ0v) is 12.7. The largest absolute Gasteiger partial charge is 0.465 e.